The molecule has 1 aliphatic rings. The van der Waals surface area contributed by atoms with E-state index in [4.69, 9.17) is 4.42 Å². The number of nitro groups is 1. The van der Waals surface area contributed by atoms with E-state index in [-0.39, 0.29) is 17.6 Å². The van der Waals surface area contributed by atoms with Crippen LogP contribution in [-0.4, -0.2) is 30.0 Å². The minimum atomic E-state index is -0.402. The first kappa shape index (κ1) is 18.9. The van der Waals surface area contributed by atoms with Gasteiger partial charge in [0.2, 0.25) is 0 Å². The van der Waals surface area contributed by atoms with Gasteiger partial charge in [0.15, 0.2) is 0 Å². The summed E-state index contributed by atoms with van der Waals surface area (Å²) in [4.78, 5) is 25.7. The fourth-order valence-corrected chi connectivity index (χ4v) is 3.41. The number of carbonyl (C=O) groups excluding carboxylic acids is 1. The van der Waals surface area contributed by atoms with Crippen molar-refractivity contribution in [1.82, 2.24) is 5.32 Å². The van der Waals surface area contributed by atoms with Crippen molar-refractivity contribution >= 4 is 17.3 Å². The molecule has 1 fully saturated rings. The van der Waals surface area contributed by atoms with Gasteiger partial charge in [-0.1, -0.05) is 0 Å². The van der Waals surface area contributed by atoms with Crippen LogP contribution >= 0.6 is 0 Å². The number of carbonyl (C=O) groups is 1. The Kier molecular flexibility index (Phi) is 6.11. The van der Waals surface area contributed by atoms with Gasteiger partial charge in [-0.05, 0) is 56.9 Å². The molecule has 0 unspecified atom stereocenters. The summed E-state index contributed by atoms with van der Waals surface area (Å²) in [5.74, 6) is 0.577. The molecule has 0 aliphatic carbocycles. The maximum absolute atomic E-state index is 12.5. The van der Waals surface area contributed by atoms with Crippen LogP contribution in [0.3, 0.4) is 0 Å². The zero-order chi connectivity index (χ0) is 19.2. The van der Waals surface area contributed by atoms with Crippen LogP contribution in [-0.2, 0) is 6.42 Å². The molecule has 1 aliphatic heterocycles. The summed E-state index contributed by atoms with van der Waals surface area (Å²) in [6.45, 7) is 3.55. The van der Waals surface area contributed by atoms with E-state index in [0.29, 0.717) is 11.3 Å². The number of nitrogens with zero attached hydrogens (tertiary/aromatic N) is 2. The van der Waals surface area contributed by atoms with Gasteiger partial charge in [0, 0.05) is 37.2 Å². The molecule has 1 amide bonds. The van der Waals surface area contributed by atoms with Crippen molar-refractivity contribution in [3.63, 3.8) is 0 Å². The number of aryl methyl sites for hydroxylation is 1. The van der Waals surface area contributed by atoms with E-state index in [1.165, 1.54) is 6.07 Å². The number of hydrogen-bond acceptors (Lipinski definition) is 5. The zero-order valence-electron chi connectivity index (χ0n) is 15.5. The highest BCUT2D eigenvalue weighted by Crippen LogP contribution is 2.31. The molecule has 1 aromatic carbocycles. The number of rotatable bonds is 7. The molecule has 2 aromatic rings. The van der Waals surface area contributed by atoms with Crippen LogP contribution in [0.15, 0.2) is 41.0 Å². The van der Waals surface area contributed by atoms with Gasteiger partial charge in [-0.3, -0.25) is 14.9 Å². The lowest BCUT2D eigenvalue weighted by molar-refractivity contribution is -0.384. The third-order valence-electron chi connectivity index (χ3n) is 4.91. The van der Waals surface area contributed by atoms with Crippen molar-refractivity contribution in [1.29, 1.82) is 0 Å². The van der Waals surface area contributed by atoms with Gasteiger partial charge in [-0.25, -0.2) is 0 Å². The van der Waals surface area contributed by atoms with Crippen molar-refractivity contribution in [2.75, 3.05) is 18.0 Å². The molecule has 1 aromatic heterocycles. The van der Waals surface area contributed by atoms with Gasteiger partial charge in [-0.2, -0.15) is 0 Å². The maximum Gasteiger partial charge on any atom is 0.293 e. The molecule has 0 radical (unpaired) electrons. The second kappa shape index (κ2) is 8.70. The summed E-state index contributed by atoms with van der Waals surface area (Å²) in [6, 6.07) is 8.43. The Morgan fingerprint density at radius 1 is 1.30 bits per heavy atom. The van der Waals surface area contributed by atoms with Crippen LogP contribution in [0.5, 0.6) is 0 Å². The Morgan fingerprint density at radius 3 is 2.74 bits per heavy atom. The SMILES string of the molecule is C[C@H](CCc1ccco1)NC(=O)c1ccc(N2CCCCC2)c([N+](=O)[O-])c1. The van der Waals surface area contributed by atoms with Crippen molar-refractivity contribution in [3.05, 3.63) is 58.0 Å². The van der Waals surface area contributed by atoms with Gasteiger partial charge in [-0.15, -0.1) is 0 Å². The molecule has 7 heteroatoms. The highest BCUT2D eigenvalue weighted by atomic mass is 16.6. The average molecular weight is 371 g/mol. The Bertz CT molecular complexity index is 783. The third kappa shape index (κ3) is 4.87. The van der Waals surface area contributed by atoms with E-state index in [1.54, 1.807) is 18.4 Å². The third-order valence-corrected chi connectivity index (χ3v) is 4.91. The smallest absolute Gasteiger partial charge is 0.293 e. The summed E-state index contributed by atoms with van der Waals surface area (Å²) in [5, 5.41) is 14.4. The van der Waals surface area contributed by atoms with Crippen LogP contribution in [0, 0.1) is 10.1 Å². The van der Waals surface area contributed by atoms with Crippen LogP contribution < -0.4 is 10.2 Å². The predicted molar refractivity (Wildman–Crippen MR) is 103 cm³/mol. The molecule has 144 valence electrons. The molecular weight excluding hydrogens is 346 g/mol. The first-order chi connectivity index (χ1) is 13.0. The van der Waals surface area contributed by atoms with Gasteiger partial charge in [0.1, 0.15) is 11.4 Å². The molecular formula is C20H25N3O4. The van der Waals surface area contributed by atoms with Gasteiger partial charge in [0.25, 0.3) is 11.6 Å². The van der Waals surface area contributed by atoms with Gasteiger partial charge >= 0.3 is 0 Å². The molecule has 2 heterocycles. The minimum absolute atomic E-state index is 0.00668. The summed E-state index contributed by atoms with van der Waals surface area (Å²) in [7, 11) is 0. The lowest BCUT2D eigenvalue weighted by atomic mass is 10.1. The molecule has 1 saturated heterocycles. The second-order valence-corrected chi connectivity index (χ2v) is 7.00. The summed E-state index contributed by atoms with van der Waals surface area (Å²) in [5.41, 5.74) is 0.905. The lowest BCUT2D eigenvalue weighted by Gasteiger charge is -2.28. The van der Waals surface area contributed by atoms with E-state index in [0.717, 1.165) is 51.0 Å². The first-order valence-electron chi connectivity index (χ1n) is 9.41. The van der Waals surface area contributed by atoms with Crippen LogP contribution in [0.2, 0.25) is 0 Å². The average Bonchev–Trinajstić information content (AvgIpc) is 3.20. The van der Waals surface area contributed by atoms with Crippen molar-refractivity contribution < 1.29 is 14.1 Å². The van der Waals surface area contributed by atoms with Crippen LogP contribution in [0.25, 0.3) is 0 Å². The van der Waals surface area contributed by atoms with E-state index in [2.05, 4.69) is 5.32 Å². The number of nitrogens with one attached hydrogen (secondary N) is 1. The molecule has 1 N–H and O–H groups in total. The topological polar surface area (TPSA) is 88.6 Å². The number of furan rings is 1. The lowest BCUT2D eigenvalue weighted by Crippen LogP contribution is -2.33. The van der Waals surface area contributed by atoms with Crippen molar-refractivity contribution in [2.24, 2.45) is 0 Å². The number of piperidine rings is 1. The van der Waals surface area contributed by atoms with Crippen LogP contribution in [0.1, 0.15) is 48.7 Å². The van der Waals surface area contributed by atoms with Crippen molar-refractivity contribution in [3.8, 4) is 0 Å². The fraction of sp³-hybridized carbons (Fsp3) is 0.450. The zero-order valence-corrected chi connectivity index (χ0v) is 15.5. The molecule has 7 nitrogen and oxygen atoms in total. The standard InChI is InChI=1S/C20H25N3O4/c1-15(7-9-17-6-5-13-27-17)21-20(24)16-8-10-18(19(14-16)23(25)26)22-11-3-2-4-12-22/h5-6,8,10,13-15H,2-4,7,9,11-12H2,1H3,(H,21,24)/t15-/m1/s1. The number of amides is 1. The quantitative estimate of drug-likeness (QED) is 0.588. The van der Waals surface area contributed by atoms with E-state index in [1.807, 2.05) is 24.0 Å². The minimum Gasteiger partial charge on any atom is -0.469 e. The number of nitro benzene ring substituents is 1. The van der Waals surface area contributed by atoms with E-state index < -0.39 is 4.92 Å². The summed E-state index contributed by atoms with van der Waals surface area (Å²) >= 11 is 0. The first-order valence-corrected chi connectivity index (χ1v) is 9.41. The van der Waals surface area contributed by atoms with E-state index in [9.17, 15) is 14.9 Å². The monoisotopic (exact) mass is 371 g/mol. The molecule has 27 heavy (non-hydrogen) atoms. The molecule has 0 spiro atoms. The Hall–Kier alpha value is -2.83. The van der Waals surface area contributed by atoms with Crippen LogP contribution in [0.4, 0.5) is 11.4 Å². The molecule has 0 bridgehead atoms. The van der Waals surface area contributed by atoms with Gasteiger partial charge < -0.3 is 14.6 Å². The second-order valence-electron chi connectivity index (χ2n) is 7.00. The number of anilines is 1. The summed E-state index contributed by atoms with van der Waals surface area (Å²) in [6.07, 6.45) is 6.30. The predicted octanol–water partition coefficient (Wildman–Crippen LogP) is 3.93. The number of benzene rings is 1. The Labute approximate surface area is 158 Å². The van der Waals surface area contributed by atoms with Crippen molar-refractivity contribution in [2.45, 2.75) is 45.1 Å². The largest absolute Gasteiger partial charge is 0.469 e. The Morgan fingerprint density at radius 2 is 2.07 bits per heavy atom. The normalized spacial score (nSPS) is 15.4. The molecule has 1 atom stereocenters. The highest BCUT2D eigenvalue weighted by Gasteiger charge is 2.23. The molecule has 0 saturated carbocycles. The number of hydrogen-bond donors (Lipinski definition) is 1. The fourth-order valence-electron chi connectivity index (χ4n) is 3.41. The highest BCUT2D eigenvalue weighted by molar-refractivity contribution is 5.96. The maximum atomic E-state index is 12.5. The summed E-state index contributed by atoms with van der Waals surface area (Å²) < 4.78 is 5.29. The van der Waals surface area contributed by atoms with E-state index >= 15 is 0 Å². The molecule has 3 rings (SSSR count). The Balaban J connectivity index is 1.67. The van der Waals surface area contributed by atoms with Gasteiger partial charge in [0.05, 0.1) is 11.2 Å².